The molecule has 1 aliphatic carbocycles. The van der Waals surface area contributed by atoms with E-state index in [1.54, 1.807) is 0 Å². The molecular weight excluding hydrogens is 146 g/mol. The smallest absolute Gasteiger partial charge is 0.0998 e. The Hall–Kier alpha value is -0.220. The Labute approximate surface area is 66.3 Å². The van der Waals surface area contributed by atoms with Gasteiger partial charge in [-0.25, -0.2) is 0 Å². The van der Waals surface area contributed by atoms with Gasteiger partial charge in [0.1, 0.15) is 0 Å². The fraction of sp³-hybridized carbons (Fsp3) is 0.833. The van der Waals surface area contributed by atoms with Crippen molar-refractivity contribution in [3.63, 3.8) is 0 Å². The van der Waals surface area contributed by atoms with Crippen molar-refractivity contribution in [3.8, 4) is 0 Å². The van der Waals surface area contributed by atoms with Crippen molar-refractivity contribution in [3.05, 3.63) is 0 Å². The third-order valence-corrected chi connectivity index (χ3v) is 2.36. The highest BCUT2D eigenvalue weighted by Crippen LogP contribution is 2.26. The van der Waals surface area contributed by atoms with E-state index in [9.17, 15) is 0 Å². The van der Waals surface area contributed by atoms with E-state index in [0.717, 1.165) is 31.4 Å². The summed E-state index contributed by atoms with van der Waals surface area (Å²) in [7, 11) is 0. The summed E-state index contributed by atoms with van der Waals surface area (Å²) in [6.45, 7) is 0. The summed E-state index contributed by atoms with van der Waals surface area (Å²) >= 11 is 4.26. The highest BCUT2D eigenvalue weighted by atomic mass is 32.1. The Morgan fingerprint density at radius 2 is 2.20 bits per heavy atom. The third kappa shape index (κ3) is 1.44. The van der Waals surface area contributed by atoms with E-state index < -0.39 is 4.87 Å². The average Bonchev–Trinajstić information content (AvgIpc) is 1.87. The van der Waals surface area contributed by atoms with Crippen LogP contribution in [0.3, 0.4) is 0 Å². The first kappa shape index (κ1) is 7.88. The van der Waals surface area contributed by atoms with Gasteiger partial charge in [-0.15, -0.1) is 0 Å². The SMILES string of the molecule is N/N=C1\CCCCC1(N)S. The molecule has 0 saturated heterocycles. The molecule has 1 unspecified atom stereocenters. The molecule has 58 valence electrons. The van der Waals surface area contributed by atoms with Crippen LogP contribution in [0.2, 0.25) is 0 Å². The first-order valence-corrected chi connectivity index (χ1v) is 3.90. The van der Waals surface area contributed by atoms with Crippen LogP contribution in [0.4, 0.5) is 0 Å². The lowest BCUT2D eigenvalue weighted by Crippen LogP contribution is -2.45. The van der Waals surface area contributed by atoms with E-state index in [0.29, 0.717) is 0 Å². The molecule has 4 heteroatoms. The Morgan fingerprint density at radius 1 is 1.50 bits per heavy atom. The van der Waals surface area contributed by atoms with Crippen LogP contribution >= 0.6 is 12.6 Å². The van der Waals surface area contributed by atoms with Gasteiger partial charge in [-0.2, -0.15) is 17.7 Å². The van der Waals surface area contributed by atoms with E-state index in [1.165, 1.54) is 0 Å². The zero-order valence-electron chi connectivity index (χ0n) is 5.88. The van der Waals surface area contributed by atoms with Crippen LogP contribution < -0.4 is 11.6 Å². The van der Waals surface area contributed by atoms with E-state index in [1.807, 2.05) is 0 Å². The Bertz CT molecular complexity index is 153. The number of rotatable bonds is 0. The highest BCUT2D eigenvalue weighted by Gasteiger charge is 2.29. The molecule has 1 atom stereocenters. The predicted octanol–water partition coefficient (Wildman–Crippen LogP) is 0.460. The van der Waals surface area contributed by atoms with Crippen molar-refractivity contribution in [2.75, 3.05) is 0 Å². The van der Waals surface area contributed by atoms with E-state index in [4.69, 9.17) is 11.6 Å². The summed E-state index contributed by atoms with van der Waals surface area (Å²) in [5.41, 5.74) is 6.62. The molecule has 0 spiro atoms. The van der Waals surface area contributed by atoms with Gasteiger partial charge >= 0.3 is 0 Å². The second-order valence-corrected chi connectivity index (χ2v) is 3.51. The van der Waals surface area contributed by atoms with E-state index in [-0.39, 0.29) is 0 Å². The second-order valence-electron chi connectivity index (χ2n) is 2.71. The van der Waals surface area contributed by atoms with Crippen LogP contribution in [0.1, 0.15) is 25.7 Å². The highest BCUT2D eigenvalue weighted by molar-refractivity contribution is 7.82. The lowest BCUT2D eigenvalue weighted by molar-refractivity contribution is 0.576. The summed E-state index contributed by atoms with van der Waals surface area (Å²) in [6.07, 6.45) is 4.04. The molecule has 0 aliphatic heterocycles. The minimum Gasteiger partial charge on any atom is -0.323 e. The maximum Gasteiger partial charge on any atom is 0.0998 e. The molecule has 0 aromatic heterocycles. The fourth-order valence-electron chi connectivity index (χ4n) is 1.22. The minimum absolute atomic E-state index is 0.535. The number of hydrogen-bond donors (Lipinski definition) is 3. The maximum atomic E-state index is 5.79. The van der Waals surface area contributed by atoms with Crippen LogP contribution in [0.15, 0.2) is 5.10 Å². The van der Waals surface area contributed by atoms with Crippen molar-refractivity contribution in [1.82, 2.24) is 0 Å². The average molecular weight is 159 g/mol. The summed E-state index contributed by atoms with van der Waals surface area (Å²) < 4.78 is 0. The van der Waals surface area contributed by atoms with Crippen molar-refractivity contribution >= 4 is 18.3 Å². The number of nitrogens with two attached hydrogens (primary N) is 2. The first-order chi connectivity index (χ1) is 4.67. The molecule has 4 N–H and O–H groups in total. The van der Waals surface area contributed by atoms with Crippen LogP contribution in [-0.4, -0.2) is 10.6 Å². The zero-order valence-corrected chi connectivity index (χ0v) is 6.77. The third-order valence-electron chi connectivity index (χ3n) is 1.88. The van der Waals surface area contributed by atoms with Gasteiger partial charge < -0.3 is 11.6 Å². The van der Waals surface area contributed by atoms with Gasteiger partial charge in [-0.05, 0) is 25.7 Å². The van der Waals surface area contributed by atoms with Crippen molar-refractivity contribution < 1.29 is 0 Å². The Balaban J connectivity index is 2.70. The summed E-state index contributed by atoms with van der Waals surface area (Å²) in [5.74, 6) is 5.14. The number of hydrogen-bond acceptors (Lipinski definition) is 4. The topological polar surface area (TPSA) is 64.4 Å². The van der Waals surface area contributed by atoms with Crippen LogP contribution in [0, 0.1) is 0 Å². The van der Waals surface area contributed by atoms with Gasteiger partial charge in [0.2, 0.25) is 0 Å². The van der Waals surface area contributed by atoms with Gasteiger partial charge in [0.05, 0.1) is 10.6 Å². The van der Waals surface area contributed by atoms with Crippen LogP contribution in [0.25, 0.3) is 0 Å². The zero-order chi connectivity index (χ0) is 7.61. The normalized spacial score (nSPS) is 38.4. The number of hydrazone groups is 1. The summed E-state index contributed by atoms with van der Waals surface area (Å²) in [4.78, 5) is -0.535. The van der Waals surface area contributed by atoms with Crippen LogP contribution in [0.5, 0.6) is 0 Å². The first-order valence-electron chi connectivity index (χ1n) is 3.45. The van der Waals surface area contributed by atoms with Gasteiger partial charge in [-0.3, -0.25) is 0 Å². The molecule has 0 bridgehead atoms. The van der Waals surface area contributed by atoms with Gasteiger partial charge in [0.25, 0.3) is 0 Å². The molecule has 1 saturated carbocycles. The molecule has 1 fully saturated rings. The predicted molar refractivity (Wildman–Crippen MR) is 46.0 cm³/mol. The Morgan fingerprint density at radius 3 is 2.60 bits per heavy atom. The fourth-order valence-corrected chi connectivity index (χ4v) is 1.55. The molecule has 3 nitrogen and oxygen atoms in total. The minimum atomic E-state index is -0.535. The molecule has 1 rings (SSSR count). The monoisotopic (exact) mass is 159 g/mol. The second kappa shape index (κ2) is 2.80. The maximum absolute atomic E-state index is 5.79. The number of thiol groups is 1. The molecule has 1 aliphatic rings. The standard InChI is InChI=1S/C6H13N3S/c7-6(10)4-2-1-3-5(6)9-8/h10H,1-4,7-8H2/b9-5+. The van der Waals surface area contributed by atoms with Gasteiger partial charge in [0.15, 0.2) is 0 Å². The lowest BCUT2D eigenvalue weighted by Gasteiger charge is -2.29. The summed E-state index contributed by atoms with van der Waals surface area (Å²) in [6, 6.07) is 0. The number of nitrogens with zero attached hydrogens (tertiary/aromatic N) is 1. The summed E-state index contributed by atoms with van der Waals surface area (Å²) in [5, 5.41) is 3.62. The van der Waals surface area contributed by atoms with Gasteiger partial charge in [-0.1, -0.05) is 0 Å². The van der Waals surface area contributed by atoms with Crippen LogP contribution in [-0.2, 0) is 0 Å². The molecule has 0 radical (unpaired) electrons. The van der Waals surface area contributed by atoms with Crippen molar-refractivity contribution in [1.29, 1.82) is 0 Å². The molecule has 10 heavy (non-hydrogen) atoms. The molecule has 0 heterocycles. The molecular formula is C6H13N3S. The molecule has 0 amide bonds. The Kier molecular flexibility index (Phi) is 2.21. The largest absolute Gasteiger partial charge is 0.323 e. The quantitative estimate of drug-likeness (QED) is 0.208. The van der Waals surface area contributed by atoms with Gasteiger partial charge in [0, 0.05) is 0 Å². The van der Waals surface area contributed by atoms with E-state index >= 15 is 0 Å². The van der Waals surface area contributed by atoms with Crippen molar-refractivity contribution in [2.45, 2.75) is 30.6 Å². The van der Waals surface area contributed by atoms with Crippen molar-refractivity contribution in [2.24, 2.45) is 16.7 Å². The molecule has 0 aromatic carbocycles. The van der Waals surface area contributed by atoms with E-state index in [2.05, 4.69) is 17.7 Å². The lowest BCUT2D eigenvalue weighted by atomic mass is 9.93. The molecule has 0 aromatic rings.